The molecule has 102 valence electrons. The first-order valence-corrected chi connectivity index (χ1v) is 6.51. The van der Waals surface area contributed by atoms with Crippen LogP contribution >= 0.6 is 11.6 Å². The van der Waals surface area contributed by atoms with Crippen LogP contribution in [0.15, 0.2) is 18.2 Å². The van der Waals surface area contributed by atoms with Gasteiger partial charge in [-0.05, 0) is 36.6 Å². The number of nitrogens with two attached hydrogens (primary N) is 1. The maximum Gasteiger partial charge on any atom is 0.142 e. The predicted molar refractivity (Wildman–Crippen MR) is 77.9 cm³/mol. The molecule has 1 aromatic carbocycles. The van der Waals surface area contributed by atoms with Crippen molar-refractivity contribution in [1.82, 2.24) is 4.98 Å². The van der Waals surface area contributed by atoms with Crippen molar-refractivity contribution in [2.45, 2.75) is 20.3 Å². The zero-order chi connectivity index (χ0) is 14.9. The summed E-state index contributed by atoms with van der Waals surface area (Å²) in [5, 5.41) is 9.33. The number of benzene rings is 1. The highest BCUT2D eigenvalue weighted by molar-refractivity contribution is 6.30. The Bertz CT molecular complexity index is 719. The Labute approximate surface area is 121 Å². The van der Waals surface area contributed by atoms with Crippen LogP contribution in [0.2, 0.25) is 5.02 Å². The first kappa shape index (κ1) is 14.3. The summed E-state index contributed by atoms with van der Waals surface area (Å²) in [5.41, 5.74) is 8.92. The van der Waals surface area contributed by atoms with Gasteiger partial charge in [0, 0.05) is 11.3 Å². The van der Waals surface area contributed by atoms with Crippen LogP contribution in [0.3, 0.4) is 0 Å². The molecule has 0 amide bonds. The zero-order valence-corrected chi connectivity index (χ0v) is 11.9. The monoisotopic (exact) mass is 289 g/mol. The van der Waals surface area contributed by atoms with Crippen LogP contribution in [-0.2, 0) is 6.42 Å². The number of nitrogen functional groups attached to an aromatic ring is 1. The standard InChI is InChI=1S/C15H13ClFN3/c1-3-13-8(2)14(10(7-18)15(19)20-13)9-4-5-11(16)12(17)6-9/h4-6H,3H2,1-2H3,(H2,19,20). The number of halogens is 2. The predicted octanol–water partition coefficient (Wildman–Crippen LogP) is 3.87. The van der Waals surface area contributed by atoms with Crippen LogP contribution in [0.5, 0.6) is 0 Å². The van der Waals surface area contributed by atoms with Crippen LogP contribution < -0.4 is 5.73 Å². The van der Waals surface area contributed by atoms with Gasteiger partial charge in [-0.2, -0.15) is 5.26 Å². The molecule has 3 nitrogen and oxygen atoms in total. The Hall–Kier alpha value is -2.12. The van der Waals surface area contributed by atoms with E-state index in [-0.39, 0.29) is 16.4 Å². The summed E-state index contributed by atoms with van der Waals surface area (Å²) in [5.74, 6) is -0.360. The first-order valence-electron chi connectivity index (χ1n) is 6.14. The van der Waals surface area contributed by atoms with Gasteiger partial charge in [-0.3, -0.25) is 0 Å². The van der Waals surface area contributed by atoms with E-state index in [9.17, 15) is 9.65 Å². The maximum atomic E-state index is 13.7. The van der Waals surface area contributed by atoms with Gasteiger partial charge < -0.3 is 5.73 Å². The molecule has 0 radical (unpaired) electrons. The van der Waals surface area contributed by atoms with E-state index < -0.39 is 5.82 Å². The van der Waals surface area contributed by atoms with Gasteiger partial charge in [0.15, 0.2) is 0 Å². The van der Waals surface area contributed by atoms with Crippen molar-refractivity contribution in [2.24, 2.45) is 0 Å². The van der Waals surface area contributed by atoms with Gasteiger partial charge in [0.2, 0.25) is 0 Å². The van der Waals surface area contributed by atoms with Crippen LogP contribution in [0.1, 0.15) is 23.7 Å². The molecule has 0 saturated heterocycles. The number of rotatable bonds is 2. The van der Waals surface area contributed by atoms with E-state index in [4.69, 9.17) is 17.3 Å². The Balaban J connectivity index is 2.81. The van der Waals surface area contributed by atoms with E-state index in [1.54, 1.807) is 6.07 Å². The fourth-order valence-electron chi connectivity index (χ4n) is 2.21. The minimum Gasteiger partial charge on any atom is -0.383 e. The number of anilines is 1. The molecule has 2 N–H and O–H groups in total. The SMILES string of the molecule is CCc1nc(N)c(C#N)c(-c2ccc(Cl)c(F)c2)c1C. The number of hydrogen-bond donors (Lipinski definition) is 1. The summed E-state index contributed by atoms with van der Waals surface area (Å²) in [6.07, 6.45) is 0.685. The fraction of sp³-hybridized carbons (Fsp3) is 0.200. The summed E-state index contributed by atoms with van der Waals surface area (Å²) in [6.45, 7) is 3.81. The van der Waals surface area contributed by atoms with Crippen molar-refractivity contribution in [3.63, 3.8) is 0 Å². The Morgan fingerprint density at radius 3 is 2.70 bits per heavy atom. The minimum atomic E-state index is -0.527. The summed E-state index contributed by atoms with van der Waals surface area (Å²) in [6, 6.07) is 6.50. The van der Waals surface area contributed by atoms with Crippen molar-refractivity contribution >= 4 is 17.4 Å². The molecular weight excluding hydrogens is 277 g/mol. The molecule has 0 aliphatic rings. The largest absolute Gasteiger partial charge is 0.383 e. The molecule has 1 heterocycles. The summed E-state index contributed by atoms with van der Waals surface area (Å²) < 4.78 is 13.7. The molecule has 0 spiro atoms. The molecule has 2 rings (SSSR count). The lowest BCUT2D eigenvalue weighted by atomic mass is 9.94. The topological polar surface area (TPSA) is 62.7 Å². The molecule has 0 fully saturated rings. The molecule has 5 heteroatoms. The highest BCUT2D eigenvalue weighted by atomic mass is 35.5. The quantitative estimate of drug-likeness (QED) is 0.913. The van der Waals surface area contributed by atoms with Crippen molar-refractivity contribution in [3.8, 4) is 17.2 Å². The van der Waals surface area contributed by atoms with Gasteiger partial charge in [0.1, 0.15) is 23.3 Å². The van der Waals surface area contributed by atoms with Gasteiger partial charge in [0.05, 0.1) is 5.02 Å². The molecule has 2 aromatic rings. The summed E-state index contributed by atoms with van der Waals surface area (Å²) >= 11 is 5.69. The van der Waals surface area contributed by atoms with Crippen LogP contribution in [0.25, 0.3) is 11.1 Å². The lowest BCUT2D eigenvalue weighted by Crippen LogP contribution is -2.05. The van der Waals surface area contributed by atoms with Crippen molar-refractivity contribution < 1.29 is 4.39 Å². The lowest BCUT2D eigenvalue weighted by Gasteiger charge is -2.14. The number of nitrogens with zero attached hydrogens (tertiary/aromatic N) is 2. The van der Waals surface area contributed by atoms with E-state index in [1.165, 1.54) is 12.1 Å². The van der Waals surface area contributed by atoms with Gasteiger partial charge >= 0.3 is 0 Å². The van der Waals surface area contributed by atoms with E-state index >= 15 is 0 Å². The number of hydrogen-bond acceptors (Lipinski definition) is 3. The second kappa shape index (κ2) is 5.48. The molecule has 0 atom stereocenters. The van der Waals surface area contributed by atoms with Gasteiger partial charge in [0.25, 0.3) is 0 Å². The van der Waals surface area contributed by atoms with Crippen molar-refractivity contribution in [1.29, 1.82) is 5.26 Å². The van der Waals surface area contributed by atoms with E-state index in [0.717, 1.165) is 11.3 Å². The third-order valence-corrected chi connectivity index (χ3v) is 3.53. The second-order valence-electron chi connectivity index (χ2n) is 4.41. The molecule has 0 unspecified atom stereocenters. The normalized spacial score (nSPS) is 10.3. The Kier molecular flexibility index (Phi) is 3.91. The fourth-order valence-corrected chi connectivity index (χ4v) is 2.33. The van der Waals surface area contributed by atoms with Gasteiger partial charge in [-0.15, -0.1) is 0 Å². The molecule has 0 aliphatic carbocycles. The second-order valence-corrected chi connectivity index (χ2v) is 4.82. The van der Waals surface area contributed by atoms with Gasteiger partial charge in [-0.1, -0.05) is 24.6 Å². The first-order chi connectivity index (χ1) is 9.49. The molecule has 0 saturated carbocycles. The smallest absolute Gasteiger partial charge is 0.142 e. The molecule has 0 bridgehead atoms. The summed E-state index contributed by atoms with van der Waals surface area (Å²) in [4.78, 5) is 4.22. The number of aromatic nitrogens is 1. The maximum absolute atomic E-state index is 13.7. The lowest BCUT2D eigenvalue weighted by molar-refractivity contribution is 0.629. The number of aryl methyl sites for hydroxylation is 1. The van der Waals surface area contributed by atoms with Crippen LogP contribution in [0.4, 0.5) is 10.2 Å². The zero-order valence-electron chi connectivity index (χ0n) is 11.2. The minimum absolute atomic E-state index is 0.0441. The highest BCUT2D eigenvalue weighted by Crippen LogP contribution is 2.33. The average Bonchev–Trinajstić information content (AvgIpc) is 2.43. The summed E-state index contributed by atoms with van der Waals surface area (Å²) in [7, 11) is 0. The van der Waals surface area contributed by atoms with Gasteiger partial charge in [-0.25, -0.2) is 9.37 Å². The van der Waals surface area contributed by atoms with Crippen LogP contribution in [-0.4, -0.2) is 4.98 Å². The highest BCUT2D eigenvalue weighted by Gasteiger charge is 2.17. The molecule has 20 heavy (non-hydrogen) atoms. The van der Waals surface area contributed by atoms with Crippen molar-refractivity contribution in [3.05, 3.63) is 45.9 Å². The van der Waals surface area contributed by atoms with E-state index in [0.29, 0.717) is 17.5 Å². The Morgan fingerprint density at radius 1 is 1.45 bits per heavy atom. The molecule has 1 aromatic heterocycles. The number of nitriles is 1. The Morgan fingerprint density at radius 2 is 2.15 bits per heavy atom. The average molecular weight is 290 g/mol. The molecule has 0 aliphatic heterocycles. The van der Waals surface area contributed by atoms with Crippen LogP contribution in [0, 0.1) is 24.1 Å². The number of pyridine rings is 1. The molecular formula is C15H13ClFN3. The third-order valence-electron chi connectivity index (χ3n) is 3.22. The van der Waals surface area contributed by atoms with Crippen molar-refractivity contribution in [2.75, 3.05) is 5.73 Å². The third kappa shape index (κ3) is 2.33. The van der Waals surface area contributed by atoms with E-state index in [2.05, 4.69) is 4.98 Å². The van der Waals surface area contributed by atoms with E-state index in [1.807, 2.05) is 19.9 Å².